The van der Waals surface area contributed by atoms with Crippen molar-refractivity contribution in [2.75, 3.05) is 0 Å². The summed E-state index contributed by atoms with van der Waals surface area (Å²) < 4.78 is 2.21. The average Bonchev–Trinajstić information content (AvgIpc) is 3.47. The van der Waals surface area contributed by atoms with E-state index in [-0.39, 0.29) is 16.6 Å². The van der Waals surface area contributed by atoms with Crippen LogP contribution in [0.5, 0.6) is 5.75 Å². The predicted molar refractivity (Wildman–Crippen MR) is 200 cm³/mol. The Labute approximate surface area is 282 Å². The van der Waals surface area contributed by atoms with Gasteiger partial charge in [0.1, 0.15) is 11.6 Å². The first-order valence-electron chi connectivity index (χ1n) is 16.4. The van der Waals surface area contributed by atoms with Crippen LogP contribution < -0.4 is 0 Å². The Morgan fingerprint density at radius 3 is 2.17 bits per heavy atom. The van der Waals surface area contributed by atoms with E-state index < -0.39 is 0 Å². The number of nitrogens with zero attached hydrogens (tertiary/aromatic N) is 4. The van der Waals surface area contributed by atoms with Crippen molar-refractivity contribution in [1.29, 1.82) is 0 Å². The molecule has 5 nitrogen and oxygen atoms in total. The van der Waals surface area contributed by atoms with Gasteiger partial charge < -0.3 is 5.11 Å². The molecule has 48 heavy (non-hydrogen) atoms. The minimum atomic E-state index is -0.232. The van der Waals surface area contributed by atoms with Gasteiger partial charge in [0.2, 0.25) is 0 Å². The van der Waals surface area contributed by atoms with Crippen molar-refractivity contribution in [2.24, 2.45) is 4.99 Å². The number of benzene rings is 5. The Hall–Kier alpha value is -5.55. The molecular weight excluding hydrogens is 589 g/mol. The van der Waals surface area contributed by atoms with Crippen molar-refractivity contribution < 1.29 is 5.11 Å². The summed E-state index contributed by atoms with van der Waals surface area (Å²) in [6.45, 7) is 13.0. The van der Waals surface area contributed by atoms with Crippen molar-refractivity contribution in [3.63, 3.8) is 0 Å². The molecule has 0 radical (unpaired) electrons. The van der Waals surface area contributed by atoms with Crippen LogP contribution in [0.1, 0.15) is 58.2 Å². The van der Waals surface area contributed by atoms with Gasteiger partial charge in [-0.2, -0.15) is 0 Å². The molecule has 0 saturated carbocycles. The van der Waals surface area contributed by atoms with Crippen molar-refractivity contribution in [2.45, 2.75) is 52.4 Å². The standard InChI is InChI=1S/C43H40N4O/c1-42(2,3)29-25-28(40(48)35(26-29)43(4,5)6)27-45-37-21-11-10-17-34(37)41-46-39-33(31-18-12-22-36-32(31)20-14-24-44-36)19-13-23-38(39)47(41)30-15-8-7-9-16-30/h7-27,48H,1-6H3. The Morgan fingerprint density at radius 1 is 0.688 bits per heavy atom. The van der Waals surface area contributed by atoms with E-state index in [0.29, 0.717) is 5.56 Å². The van der Waals surface area contributed by atoms with Crippen molar-refractivity contribution in [3.8, 4) is 34.0 Å². The van der Waals surface area contributed by atoms with Crippen LogP contribution in [0.4, 0.5) is 5.69 Å². The average molecular weight is 629 g/mol. The maximum atomic E-state index is 11.5. The molecule has 0 atom stereocenters. The highest BCUT2D eigenvalue weighted by Crippen LogP contribution is 2.40. The fourth-order valence-electron chi connectivity index (χ4n) is 6.35. The molecule has 0 amide bonds. The summed E-state index contributed by atoms with van der Waals surface area (Å²) in [5.74, 6) is 1.06. The molecule has 238 valence electrons. The maximum Gasteiger partial charge on any atom is 0.147 e. The lowest BCUT2D eigenvalue weighted by Gasteiger charge is -2.27. The summed E-state index contributed by atoms with van der Waals surface area (Å²) in [4.78, 5) is 15.0. The number of para-hydroxylation sites is 3. The van der Waals surface area contributed by atoms with E-state index in [2.05, 4.69) is 118 Å². The fourth-order valence-corrected chi connectivity index (χ4v) is 6.35. The molecule has 7 aromatic rings. The quantitative estimate of drug-likeness (QED) is 0.193. The summed E-state index contributed by atoms with van der Waals surface area (Å²) in [6.07, 6.45) is 3.62. The highest BCUT2D eigenvalue weighted by Gasteiger charge is 2.25. The largest absolute Gasteiger partial charge is 0.507 e. The number of rotatable bonds is 5. The number of phenols is 1. The van der Waals surface area contributed by atoms with Gasteiger partial charge in [-0.25, -0.2) is 4.98 Å². The third-order valence-electron chi connectivity index (χ3n) is 8.94. The lowest BCUT2D eigenvalue weighted by molar-refractivity contribution is 0.444. The lowest BCUT2D eigenvalue weighted by Crippen LogP contribution is -2.17. The van der Waals surface area contributed by atoms with Crippen LogP contribution in [0.2, 0.25) is 0 Å². The number of fused-ring (bicyclic) bond motifs is 2. The van der Waals surface area contributed by atoms with E-state index in [1.54, 1.807) is 6.21 Å². The molecule has 2 aromatic heterocycles. The first kappa shape index (κ1) is 31.1. The predicted octanol–water partition coefficient (Wildman–Crippen LogP) is 11.0. The van der Waals surface area contributed by atoms with E-state index in [0.717, 1.165) is 67.0 Å². The van der Waals surface area contributed by atoms with Crippen LogP contribution in [0.3, 0.4) is 0 Å². The second-order valence-corrected chi connectivity index (χ2v) is 14.4. The van der Waals surface area contributed by atoms with Crippen LogP contribution in [0, 0.1) is 0 Å². The molecule has 1 N–H and O–H groups in total. The molecule has 7 rings (SSSR count). The van der Waals surface area contributed by atoms with Crippen LogP contribution in [0.25, 0.3) is 50.1 Å². The second-order valence-electron chi connectivity index (χ2n) is 14.4. The van der Waals surface area contributed by atoms with E-state index >= 15 is 0 Å². The Balaban J connectivity index is 1.44. The molecule has 0 saturated heterocycles. The van der Waals surface area contributed by atoms with Crippen LogP contribution in [-0.2, 0) is 10.8 Å². The highest BCUT2D eigenvalue weighted by molar-refractivity contribution is 6.04. The number of hydrogen-bond acceptors (Lipinski definition) is 4. The molecule has 0 bridgehead atoms. The van der Waals surface area contributed by atoms with E-state index in [1.165, 1.54) is 0 Å². The minimum absolute atomic E-state index is 0.0907. The molecular formula is C43H40N4O. The second kappa shape index (κ2) is 11.9. The van der Waals surface area contributed by atoms with Gasteiger partial charge >= 0.3 is 0 Å². The minimum Gasteiger partial charge on any atom is -0.507 e. The van der Waals surface area contributed by atoms with Crippen LogP contribution in [0.15, 0.2) is 126 Å². The first-order chi connectivity index (χ1) is 23.0. The van der Waals surface area contributed by atoms with E-state index in [1.807, 2.05) is 54.7 Å². The number of phenolic OH excluding ortho intramolecular Hbond substituents is 1. The summed E-state index contributed by atoms with van der Waals surface area (Å²) in [5, 5.41) is 12.6. The number of pyridine rings is 1. The number of hydrogen-bond donors (Lipinski definition) is 1. The SMILES string of the molecule is CC(C)(C)c1cc(C=Nc2ccccc2-c2nc3c(-c4cccc5ncccc45)cccc3n2-c2ccccc2)c(O)c(C(C)(C)C)c1. The zero-order valence-corrected chi connectivity index (χ0v) is 28.4. The molecule has 2 heterocycles. The third kappa shape index (κ3) is 5.66. The Kier molecular flexibility index (Phi) is 7.71. The molecule has 5 aromatic carbocycles. The van der Waals surface area contributed by atoms with E-state index in [9.17, 15) is 5.11 Å². The van der Waals surface area contributed by atoms with Crippen molar-refractivity contribution in [3.05, 3.63) is 138 Å². The molecule has 0 aliphatic carbocycles. The van der Waals surface area contributed by atoms with Crippen molar-refractivity contribution in [1.82, 2.24) is 14.5 Å². The van der Waals surface area contributed by atoms with Gasteiger partial charge in [0.05, 0.1) is 22.2 Å². The molecule has 0 aliphatic heterocycles. The zero-order valence-electron chi connectivity index (χ0n) is 28.4. The Bertz CT molecular complexity index is 2310. The normalized spacial score (nSPS) is 12.4. The molecule has 0 spiro atoms. The fraction of sp³-hybridized carbons (Fsp3) is 0.186. The van der Waals surface area contributed by atoms with Gasteiger partial charge in [-0.15, -0.1) is 0 Å². The monoisotopic (exact) mass is 628 g/mol. The van der Waals surface area contributed by atoms with Gasteiger partial charge in [-0.05, 0) is 70.5 Å². The summed E-state index contributed by atoms with van der Waals surface area (Å²) in [7, 11) is 0. The van der Waals surface area contributed by atoms with Crippen LogP contribution in [-0.4, -0.2) is 25.9 Å². The maximum absolute atomic E-state index is 11.5. The van der Waals surface area contributed by atoms with Gasteiger partial charge in [0.25, 0.3) is 0 Å². The van der Waals surface area contributed by atoms with Gasteiger partial charge in [0, 0.05) is 45.7 Å². The van der Waals surface area contributed by atoms with E-state index in [4.69, 9.17) is 9.98 Å². The van der Waals surface area contributed by atoms with Gasteiger partial charge in [0.15, 0.2) is 0 Å². The van der Waals surface area contributed by atoms with Gasteiger partial charge in [-0.1, -0.05) is 108 Å². The smallest absolute Gasteiger partial charge is 0.147 e. The lowest BCUT2D eigenvalue weighted by atomic mass is 9.79. The number of imidazole rings is 1. The zero-order chi connectivity index (χ0) is 33.6. The topological polar surface area (TPSA) is 63.3 Å². The van der Waals surface area contributed by atoms with Crippen molar-refractivity contribution >= 4 is 33.8 Å². The third-order valence-corrected chi connectivity index (χ3v) is 8.94. The Morgan fingerprint density at radius 2 is 1.40 bits per heavy atom. The number of aliphatic imine (C=N–C) groups is 1. The summed E-state index contributed by atoms with van der Waals surface area (Å²) in [6, 6.07) is 39.3. The molecule has 0 fully saturated rings. The summed E-state index contributed by atoms with van der Waals surface area (Å²) in [5.41, 5.74) is 10.1. The summed E-state index contributed by atoms with van der Waals surface area (Å²) >= 11 is 0. The van der Waals surface area contributed by atoms with Crippen LogP contribution >= 0.6 is 0 Å². The molecule has 5 heteroatoms. The molecule has 0 aliphatic rings. The highest BCUT2D eigenvalue weighted by atomic mass is 16.3. The van der Waals surface area contributed by atoms with Gasteiger partial charge in [-0.3, -0.25) is 14.5 Å². The first-order valence-corrected chi connectivity index (χ1v) is 16.4. The molecule has 0 unspecified atom stereocenters. The number of aromatic hydroxyl groups is 1. The number of aromatic nitrogens is 3.